The van der Waals surface area contributed by atoms with E-state index in [1.54, 1.807) is 22.6 Å². The average Bonchev–Trinajstić information content (AvgIpc) is 3.32. The Bertz CT molecular complexity index is 1170. The number of hydrogen-bond donors (Lipinski definition) is 0. The van der Waals surface area contributed by atoms with Gasteiger partial charge in [-0.15, -0.1) is 11.3 Å². The number of halogens is 1. The Labute approximate surface area is 163 Å². The highest BCUT2D eigenvalue weighted by Crippen LogP contribution is 2.34. The highest BCUT2D eigenvalue weighted by atomic mass is 32.1. The summed E-state index contributed by atoms with van der Waals surface area (Å²) >= 11 is 1.44. The molecule has 3 aromatic heterocycles. The zero-order valence-electron chi connectivity index (χ0n) is 15.2. The number of nitro groups is 1. The monoisotopic (exact) mass is 397 g/mol. The van der Waals surface area contributed by atoms with Crippen molar-refractivity contribution in [3.8, 4) is 11.3 Å². The molecule has 142 valence electrons. The second-order valence-corrected chi connectivity index (χ2v) is 7.03. The van der Waals surface area contributed by atoms with E-state index in [1.807, 2.05) is 24.3 Å². The maximum Gasteiger partial charge on any atom is 0.286 e. The first-order chi connectivity index (χ1) is 13.5. The lowest BCUT2D eigenvalue weighted by Gasteiger charge is -2.16. The van der Waals surface area contributed by atoms with Crippen LogP contribution in [0.3, 0.4) is 0 Å². The van der Waals surface area contributed by atoms with E-state index in [-0.39, 0.29) is 11.5 Å². The van der Waals surface area contributed by atoms with Crippen LogP contribution < -0.4 is 4.90 Å². The molecule has 0 aliphatic carbocycles. The molecule has 28 heavy (non-hydrogen) atoms. The Morgan fingerprint density at radius 3 is 2.64 bits per heavy atom. The summed E-state index contributed by atoms with van der Waals surface area (Å²) in [5.41, 5.74) is 3.01. The number of fused-ring (bicyclic) bond motifs is 1. The fraction of sp³-hybridized carbons (Fsp3) is 0.158. The van der Waals surface area contributed by atoms with Gasteiger partial charge in [0.25, 0.3) is 5.69 Å². The van der Waals surface area contributed by atoms with Gasteiger partial charge >= 0.3 is 0 Å². The first kappa shape index (κ1) is 18.1. The number of hydrogen-bond acceptors (Lipinski definition) is 6. The molecule has 0 unspecified atom stereocenters. The smallest absolute Gasteiger partial charge is 0.286 e. The summed E-state index contributed by atoms with van der Waals surface area (Å²) < 4.78 is 14.9. The summed E-state index contributed by atoms with van der Waals surface area (Å²) in [6.45, 7) is 1.99. The van der Waals surface area contributed by atoms with Crippen molar-refractivity contribution in [3.05, 3.63) is 69.6 Å². The molecule has 0 spiro atoms. The first-order valence-electron chi connectivity index (χ1n) is 8.58. The lowest BCUT2D eigenvalue weighted by Crippen LogP contribution is -2.13. The van der Waals surface area contributed by atoms with E-state index in [1.165, 1.54) is 35.7 Å². The van der Waals surface area contributed by atoms with Gasteiger partial charge in [-0.3, -0.25) is 14.5 Å². The molecule has 0 aliphatic rings. The number of imidazole rings is 1. The fourth-order valence-corrected chi connectivity index (χ4v) is 3.83. The van der Waals surface area contributed by atoms with E-state index < -0.39 is 4.92 Å². The Balaban J connectivity index is 1.78. The zero-order valence-corrected chi connectivity index (χ0v) is 16.0. The standard InChI is InChI=1S/C19H16FN5O2S/c1-3-15-18(24-10-14(25(26)27)8-9-17(24)21-15)23(2)19-22-16(11-28-19)12-4-6-13(20)7-5-12/h4-11H,3H2,1-2H3. The molecule has 3 heterocycles. The fourth-order valence-electron chi connectivity index (χ4n) is 3.03. The molecular formula is C19H16FN5O2S. The number of rotatable bonds is 5. The number of aromatic nitrogens is 3. The van der Waals surface area contributed by atoms with Gasteiger partial charge in [0.1, 0.15) is 17.3 Å². The number of nitrogens with zero attached hydrogens (tertiary/aromatic N) is 5. The molecule has 9 heteroatoms. The molecule has 0 radical (unpaired) electrons. The Morgan fingerprint density at radius 2 is 1.96 bits per heavy atom. The van der Waals surface area contributed by atoms with Crippen molar-refractivity contribution < 1.29 is 9.31 Å². The van der Waals surface area contributed by atoms with E-state index in [0.29, 0.717) is 17.2 Å². The number of aryl methyl sites for hydroxylation is 1. The number of benzene rings is 1. The van der Waals surface area contributed by atoms with Crippen molar-refractivity contribution in [1.82, 2.24) is 14.4 Å². The van der Waals surface area contributed by atoms with Crippen LogP contribution in [0, 0.1) is 15.9 Å². The number of anilines is 2. The van der Waals surface area contributed by atoms with Crippen molar-refractivity contribution >= 4 is 33.6 Å². The molecule has 7 nitrogen and oxygen atoms in total. The van der Waals surface area contributed by atoms with Crippen molar-refractivity contribution in [2.24, 2.45) is 0 Å². The van der Waals surface area contributed by atoms with E-state index >= 15 is 0 Å². The summed E-state index contributed by atoms with van der Waals surface area (Å²) in [6.07, 6.45) is 2.15. The normalized spacial score (nSPS) is 11.1. The second kappa shape index (κ2) is 7.01. The van der Waals surface area contributed by atoms with E-state index in [0.717, 1.165) is 22.8 Å². The van der Waals surface area contributed by atoms with Crippen LogP contribution in [0.15, 0.2) is 48.0 Å². The van der Waals surface area contributed by atoms with Gasteiger partial charge in [-0.25, -0.2) is 14.4 Å². The van der Waals surface area contributed by atoms with Crippen molar-refractivity contribution in [2.45, 2.75) is 13.3 Å². The Morgan fingerprint density at radius 1 is 1.21 bits per heavy atom. The lowest BCUT2D eigenvalue weighted by atomic mass is 10.2. The van der Waals surface area contributed by atoms with Crippen LogP contribution in [0.25, 0.3) is 16.9 Å². The zero-order chi connectivity index (χ0) is 19.8. The molecule has 0 aliphatic heterocycles. The average molecular weight is 397 g/mol. The quantitative estimate of drug-likeness (QED) is 0.356. The third-order valence-electron chi connectivity index (χ3n) is 4.43. The van der Waals surface area contributed by atoms with Gasteiger partial charge in [-0.05, 0) is 36.8 Å². The van der Waals surface area contributed by atoms with Crippen LogP contribution in [0.2, 0.25) is 0 Å². The van der Waals surface area contributed by atoms with Crippen molar-refractivity contribution in [2.75, 3.05) is 11.9 Å². The Kier molecular flexibility index (Phi) is 4.52. The molecule has 0 amide bonds. The summed E-state index contributed by atoms with van der Waals surface area (Å²) in [5, 5.41) is 13.8. The Hall–Kier alpha value is -3.33. The van der Waals surface area contributed by atoms with Gasteiger partial charge < -0.3 is 4.90 Å². The summed E-state index contributed by atoms with van der Waals surface area (Å²) in [4.78, 5) is 21.9. The lowest BCUT2D eigenvalue weighted by molar-refractivity contribution is -0.385. The topological polar surface area (TPSA) is 76.6 Å². The van der Waals surface area contributed by atoms with Crippen LogP contribution in [0.5, 0.6) is 0 Å². The molecule has 0 fully saturated rings. The van der Waals surface area contributed by atoms with Crippen molar-refractivity contribution in [3.63, 3.8) is 0 Å². The van der Waals surface area contributed by atoms with Gasteiger partial charge in [0.05, 0.1) is 22.5 Å². The van der Waals surface area contributed by atoms with Gasteiger partial charge in [0, 0.05) is 24.1 Å². The molecular weight excluding hydrogens is 381 g/mol. The molecule has 4 rings (SSSR count). The minimum Gasteiger partial charge on any atom is -0.305 e. The molecule has 1 aromatic carbocycles. The highest BCUT2D eigenvalue weighted by molar-refractivity contribution is 7.14. The molecule has 0 saturated carbocycles. The van der Waals surface area contributed by atoms with Gasteiger partial charge in [-0.1, -0.05) is 6.92 Å². The molecule has 0 bridgehead atoms. The van der Waals surface area contributed by atoms with Crippen LogP contribution in [-0.2, 0) is 6.42 Å². The number of pyridine rings is 1. The van der Waals surface area contributed by atoms with Gasteiger partial charge in [-0.2, -0.15) is 0 Å². The minimum absolute atomic E-state index is 0.00616. The van der Waals surface area contributed by atoms with E-state index in [9.17, 15) is 14.5 Å². The number of thiazole rings is 1. The SMILES string of the molecule is CCc1nc2ccc([N+](=O)[O-])cn2c1N(C)c1nc(-c2ccc(F)cc2)cs1. The molecule has 4 aromatic rings. The summed E-state index contributed by atoms with van der Waals surface area (Å²) in [6, 6.07) is 9.25. The van der Waals surface area contributed by atoms with Crippen LogP contribution in [0.1, 0.15) is 12.6 Å². The highest BCUT2D eigenvalue weighted by Gasteiger charge is 2.20. The van der Waals surface area contributed by atoms with Crippen LogP contribution in [-0.4, -0.2) is 26.3 Å². The van der Waals surface area contributed by atoms with Crippen LogP contribution in [0.4, 0.5) is 21.0 Å². The van der Waals surface area contributed by atoms with E-state index in [4.69, 9.17) is 0 Å². The molecule has 0 saturated heterocycles. The first-order valence-corrected chi connectivity index (χ1v) is 9.46. The maximum absolute atomic E-state index is 13.2. The molecule has 0 N–H and O–H groups in total. The third-order valence-corrected chi connectivity index (χ3v) is 5.35. The second-order valence-electron chi connectivity index (χ2n) is 6.19. The van der Waals surface area contributed by atoms with Gasteiger partial charge in [0.2, 0.25) is 0 Å². The summed E-state index contributed by atoms with van der Waals surface area (Å²) in [5.74, 6) is 0.442. The predicted molar refractivity (Wildman–Crippen MR) is 107 cm³/mol. The maximum atomic E-state index is 13.2. The predicted octanol–water partition coefficient (Wildman–Crippen LogP) is 4.84. The molecule has 0 atom stereocenters. The van der Waals surface area contributed by atoms with E-state index in [2.05, 4.69) is 9.97 Å². The minimum atomic E-state index is -0.426. The summed E-state index contributed by atoms with van der Waals surface area (Å²) in [7, 11) is 1.86. The van der Waals surface area contributed by atoms with Crippen molar-refractivity contribution in [1.29, 1.82) is 0 Å². The van der Waals surface area contributed by atoms with Gasteiger partial charge in [0.15, 0.2) is 5.13 Å². The third kappa shape index (κ3) is 3.09. The van der Waals surface area contributed by atoms with Crippen LogP contribution >= 0.6 is 11.3 Å². The largest absolute Gasteiger partial charge is 0.305 e.